The van der Waals surface area contributed by atoms with Gasteiger partial charge in [-0.25, -0.2) is 0 Å². The van der Waals surface area contributed by atoms with E-state index in [1.165, 1.54) is 5.19 Å². The first-order chi connectivity index (χ1) is 8.17. The lowest BCUT2D eigenvalue weighted by Gasteiger charge is -2.23. The van der Waals surface area contributed by atoms with Gasteiger partial charge in [0.2, 0.25) is 0 Å². The molecule has 2 atom stereocenters. The van der Waals surface area contributed by atoms with Crippen LogP contribution in [-0.2, 0) is 8.85 Å². The molecule has 0 aromatic heterocycles. The lowest BCUT2D eigenvalue weighted by molar-refractivity contribution is 0.119. The maximum absolute atomic E-state index is 6.07. The van der Waals surface area contributed by atoms with Gasteiger partial charge >= 0.3 is 9.28 Å². The zero-order valence-corrected chi connectivity index (χ0v) is 12.5. The molecule has 0 spiro atoms. The van der Waals surface area contributed by atoms with Gasteiger partial charge in [0.1, 0.15) is 0 Å². The summed E-state index contributed by atoms with van der Waals surface area (Å²) in [6.07, 6.45) is 2.60. The van der Waals surface area contributed by atoms with E-state index in [1.54, 1.807) is 0 Å². The molecule has 0 radical (unpaired) electrons. The van der Waals surface area contributed by atoms with Crippen LogP contribution in [0, 0.1) is 0 Å². The predicted octanol–water partition coefficient (Wildman–Crippen LogP) is 2.74. The predicted molar refractivity (Wildman–Crippen MR) is 74.9 cm³/mol. The maximum Gasteiger partial charge on any atom is 0.356 e. The molecule has 0 aliphatic heterocycles. The normalized spacial score (nSPS) is 16.5. The topological polar surface area (TPSA) is 18.5 Å². The van der Waals surface area contributed by atoms with Gasteiger partial charge in [-0.2, -0.15) is 0 Å². The molecular formula is C14H24O2Si. The van der Waals surface area contributed by atoms with Crippen molar-refractivity contribution in [1.82, 2.24) is 0 Å². The Morgan fingerprint density at radius 3 is 1.82 bits per heavy atom. The molecule has 0 N–H and O–H groups in total. The van der Waals surface area contributed by atoms with Crippen molar-refractivity contribution < 1.29 is 8.85 Å². The van der Waals surface area contributed by atoms with Crippen LogP contribution >= 0.6 is 0 Å². The monoisotopic (exact) mass is 252 g/mol. The Balaban J connectivity index is 2.72. The van der Waals surface area contributed by atoms with Crippen LogP contribution in [0.3, 0.4) is 0 Å². The minimum atomic E-state index is -1.74. The second-order valence-electron chi connectivity index (χ2n) is 4.45. The number of hydrogen-bond acceptors (Lipinski definition) is 2. The van der Waals surface area contributed by atoms with Crippen molar-refractivity contribution in [1.29, 1.82) is 0 Å². The molecule has 96 valence electrons. The van der Waals surface area contributed by atoms with E-state index in [2.05, 4.69) is 52.0 Å². The van der Waals surface area contributed by atoms with E-state index in [-0.39, 0.29) is 12.2 Å². The molecule has 0 saturated carbocycles. The molecule has 0 amide bonds. The van der Waals surface area contributed by atoms with E-state index < -0.39 is 9.28 Å². The number of hydrogen-bond donors (Lipinski definition) is 0. The molecule has 2 unspecified atom stereocenters. The molecule has 0 saturated heterocycles. The summed E-state index contributed by atoms with van der Waals surface area (Å²) in [5.74, 6) is 0. The SMILES string of the molecule is CCC(C)O[SiH](OC(C)CC)c1ccccc1. The van der Waals surface area contributed by atoms with Crippen LogP contribution in [0.5, 0.6) is 0 Å². The highest BCUT2D eigenvalue weighted by Crippen LogP contribution is 2.06. The van der Waals surface area contributed by atoms with E-state index in [4.69, 9.17) is 8.85 Å². The van der Waals surface area contributed by atoms with Gasteiger partial charge < -0.3 is 8.85 Å². The van der Waals surface area contributed by atoms with Gasteiger partial charge in [-0.05, 0) is 31.9 Å². The highest BCUT2D eigenvalue weighted by Gasteiger charge is 2.20. The molecule has 0 heterocycles. The van der Waals surface area contributed by atoms with Crippen LogP contribution in [0.15, 0.2) is 30.3 Å². The van der Waals surface area contributed by atoms with Gasteiger partial charge in [-0.1, -0.05) is 44.2 Å². The van der Waals surface area contributed by atoms with Crippen LogP contribution in [0.4, 0.5) is 0 Å². The Morgan fingerprint density at radius 2 is 1.41 bits per heavy atom. The van der Waals surface area contributed by atoms with Crippen molar-refractivity contribution in [2.24, 2.45) is 0 Å². The summed E-state index contributed by atoms with van der Waals surface area (Å²) in [6.45, 7) is 8.51. The van der Waals surface area contributed by atoms with E-state index in [0.29, 0.717) is 0 Å². The fourth-order valence-corrected chi connectivity index (χ4v) is 3.56. The highest BCUT2D eigenvalue weighted by molar-refractivity contribution is 6.61. The molecule has 17 heavy (non-hydrogen) atoms. The quantitative estimate of drug-likeness (QED) is 0.695. The first-order valence-corrected chi connectivity index (χ1v) is 8.05. The van der Waals surface area contributed by atoms with Crippen molar-refractivity contribution in [3.05, 3.63) is 30.3 Å². The molecule has 1 aromatic carbocycles. The summed E-state index contributed by atoms with van der Waals surface area (Å²) in [7, 11) is -1.74. The summed E-state index contributed by atoms with van der Waals surface area (Å²) in [5, 5.41) is 1.23. The third-order valence-corrected chi connectivity index (χ3v) is 5.29. The molecule has 0 aliphatic carbocycles. The standard InChI is InChI=1S/C14H24O2Si/c1-5-12(3)15-17(16-13(4)6-2)14-10-8-7-9-11-14/h7-13,17H,5-6H2,1-4H3. The Bertz CT molecular complexity index is 290. The Morgan fingerprint density at radius 1 is 0.941 bits per heavy atom. The number of benzene rings is 1. The van der Waals surface area contributed by atoms with Crippen molar-refractivity contribution in [2.45, 2.75) is 52.7 Å². The van der Waals surface area contributed by atoms with E-state index in [9.17, 15) is 0 Å². The van der Waals surface area contributed by atoms with Crippen LogP contribution in [-0.4, -0.2) is 21.5 Å². The summed E-state index contributed by atoms with van der Waals surface area (Å²) in [6, 6.07) is 10.4. The summed E-state index contributed by atoms with van der Waals surface area (Å²) >= 11 is 0. The van der Waals surface area contributed by atoms with Gasteiger partial charge in [-0.15, -0.1) is 0 Å². The molecule has 0 fully saturated rings. The Hall–Kier alpha value is -0.643. The fraction of sp³-hybridized carbons (Fsp3) is 0.571. The Kier molecular flexibility index (Phi) is 6.48. The molecule has 3 heteroatoms. The van der Waals surface area contributed by atoms with E-state index in [1.807, 2.05) is 6.07 Å². The van der Waals surface area contributed by atoms with Crippen molar-refractivity contribution >= 4 is 14.5 Å². The van der Waals surface area contributed by atoms with Gasteiger partial charge in [-0.3, -0.25) is 0 Å². The van der Waals surface area contributed by atoms with Crippen LogP contribution in [0.1, 0.15) is 40.5 Å². The largest absolute Gasteiger partial charge is 0.390 e. The van der Waals surface area contributed by atoms with Crippen LogP contribution in [0.25, 0.3) is 0 Å². The average Bonchev–Trinajstić information content (AvgIpc) is 2.38. The molecule has 1 rings (SSSR count). The zero-order valence-electron chi connectivity index (χ0n) is 11.3. The van der Waals surface area contributed by atoms with E-state index in [0.717, 1.165) is 12.8 Å². The molecular weight excluding hydrogens is 228 g/mol. The summed E-state index contributed by atoms with van der Waals surface area (Å²) in [4.78, 5) is 0. The van der Waals surface area contributed by atoms with Gasteiger partial charge in [0.25, 0.3) is 0 Å². The van der Waals surface area contributed by atoms with Gasteiger partial charge in [0.05, 0.1) is 0 Å². The smallest absolute Gasteiger partial charge is 0.356 e. The Labute approximate surface area is 107 Å². The van der Waals surface area contributed by atoms with E-state index >= 15 is 0 Å². The van der Waals surface area contributed by atoms with Crippen LogP contribution < -0.4 is 5.19 Å². The minimum Gasteiger partial charge on any atom is -0.390 e. The maximum atomic E-state index is 6.07. The second-order valence-corrected chi connectivity index (χ2v) is 6.33. The molecule has 0 aliphatic rings. The number of rotatable bonds is 7. The third-order valence-electron chi connectivity index (χ3n) is 2.93. The third kappa shape index (κ3) is 5.02. The molecule has 2 nitrogen and oxygen atoms in total. The minimum absolute atomic E-state index is 0.274. The summed E-state index contributed by atoms with van der Waals surface area (Å²) in [5.41, 5.74) is 0. The van der Waals surface area contributed by atoms with Gasteiger partial charge in [0.15, 0.2) is 0 Å². The van der Waals surface area contributed by atoms with Crippen molar-refractivity contribution in [3.8, 4) is 0 Å². The van der Waals surface area contributed by atoms with Crippen LogP contribution in [0.2, 0.25) is 0 Å². The van der Waals surface area contributed by atoms with Crippen molar-refractivity contribution in [2.75, 3.05) is 0 Å². The molecule has 1 aromatic rings. The average molecular weight is 252 g/mol. The zero-order chi connectivity index (χ0) is 12.7. The highest BCUT2D eigenvalue weighted by atomic mass is 28.3. The first-order valence-electron chi connectivity index (χ1n) is 6.53. The fourth-order valence-electron chi connectivity index (χ4n) is 1.41. The van der Waals surface area contributed by atoms with Gasteiger partial charge in [0, 0.05) is 12.2 Å². The lowest BCUT2D eigenvalue weighted by atomic mass is 10.3. The second kappa shape index (κ2) is 7.64. The van der Waals surface area contributed by atoms with Crippen molar-refractivity contribution in [3.63, 3.8) is 0 Å². The first kappa shape index (κ1) is 14.4. The molecule has 0 bridgehead atoms. The lowest BCUT2D eigenvalue weighted by Crippen LogP contribution is -2.41. The summed E-state index contributed by atoms with van der Waals surface area (Å²) < 4.78 is 12.1.